The number of halogens is 2. The van der Waals surface area contributed by atoms with Crippen molar-refractivity contribution in [2.24, 2.45) is 5.92 Å². The molecule has 0 saturated carbocycles. The first kappa shape index (κ1) is 22.1. The van der Waals surface area contributed by atoms with E-state index >= 15 is 0 Å². The van der Waals surface area contributed by atoms with E-state index in [1.165, 1.54) is 6.33 Å². The third-order valence-corrected chi connectivity index (χ3v) is 5.56. The van der Waals surface area contributed by atoms with Crippen LogP contribution in [0.2, 0.25) is 0 Å². The molecule has 1 atom stereocenters. The number of aromatic nitrogens is 2. The molecule has 7 nitrogen and oxygen atoms in total. The average Bonchev–Trinajstić information content (AvgIpc) is 2.91. The molecule has 1 unspecified atom stereocenters. The summed E-state index contributed by atoms with van der Waals surface area (Å²) in [5, 5.41) is 0. The molecular weight excluding hydrogens is 392 g/mol. The van der Waals surface area contributed by atoms with Crippen molar-refractivity contribution in [2.75, 3.05) is 46.8 Å². The van der Waals surface area contributed by atoms with Crippen LogP contribution in [0, 0.1) is 17.6 Å². The van der Waals surface area contributed by atoms with Crippen molar-refractivity contribution in [3.05, 3.63) is 30.1 Å². The second-order valence-corrected chi connectivity index (χ2v) is 8.34. The predicted octanol–water partition coefficient (Wildman–Crippen LogP) is 2.13. The zero-order chi connectivity index (χ0) is 22.0. The Morgan fingerprint density at radius 1 is 1.10 bits per heavy atom. The molecule has 2 heterocycles. The van der Waals surface area contributed by atoms with Gasteiger partial charge in [-0.3, -0.25) is 14.5 Å². The Morgan fingerprint density at radius 2 is 1.80 bits per heavy atom. The number of imidazole rings is 1. The number of nitrogens with zero attached hydrogens (tertiary/aromatic N) is 5. The Kier molecular flexibility index (Phi) is 6.70. The van der Waals surface area contributed by atoms with Gasteiger partial charge >= 0.3 is 0 Å². The van der Waals surface area contributed by atoms with Crippen LogP contribution in [0.15, 0.2) is 18.5 Å². The monoisotopic (exact) mass is 421 g/mol. The number of hydrogen-bond acceptors (Lipinski definition) is 4. The van der Waals surface area contributed by atoms with Crippen LogP contribution in [-0.4, -0.2) is 82.9 Å². The normalized spacial score (nSPS) is 16.7. The topological polar surface area (TPSA) is 61.7 Å². The lowest BCUT2D eigenvalue weighted by molar-refractivity contribution is -0.135. The van der Waals surface area contributed by atoms with E-state index in [9.17, 15) is 18.4 Å². The smallest absolute Gasteiger partial charge is 0.246 e. The lowest BCUT2D eigenvalue weighted by Crippen LogP contribution is -2.42. The van der Waals surface area contributed by atoms with Gasteiger partial charge in [0.1, 0.15) is 6.04 Å². The fraction of sp³-hybridized carbons (Fsp3) is 0.571. The summed E-state index contributed by atoms with van der Waals surface area (Å²) in [4.78, 5) is 35.0. The summed E-state index contributed by atoms with van der Waals surface area (Å²) in [6.45, 7) is 6.64. The summed E-state index contributed by atoms with van der Waals surface area (Å²) >= 11 is 0. The van der Waals surface area contributed by atoms with Gasteiger partial charge in [-0.05, 0) is 12.3 Å². The van der Waals surface area contributed by atoms with Crippen LogP contribution >= 0.6 is 0 Å². The molecule has 1 saturated heterocycles. The van der Waals surface area contributed by atoms with Crippen LogP contribution in [0.1, 0.15) is 26.3 Å². The van der Waals surface area contributed by atoms with E-state index in [2.05, 4.69) is 9.88 Å². The van der Waals surface area contributed by atoms with Gasteiger partial charge in [0.25, 0.3) is 0 Å². The van der Waals surface area contributed by atoms with Crippen LogP contribution < -0.4 is 0 Å². The molecule has 0 N–H and O–H groups in total. The second-order valence-electron chi connectivity index (χ2n) is 8.34. The summed E-state index contributed by atoms with van der Waals surface area (Å²) in [7, 11) is 3.46. The van der Waals surface area contributed by atoms with Crippen molar-refractivity contribution in [2.45, 2.75) is 26.3 Å². The number of carbonyl (C=O) groups is 2. The van der Waals surface area contributed by atoms with Gasteiger partial charge in [-0.25, -0.2) is 13.8 Å². The molecular formula is C21H29F2N5O2. The maximum atomic E-state index is 13.8. The number of fused-ring (bicyclic) bond motifs is 1. The lowest BCUT2D eigenvalue weighted by atomic mass is 10.0. The number of rotatable bonds is 5. The molecule has 0 aliphatic carbocycles. The van der Waals surface area contributed by atoms with Crippen molar-refractivity contribution in [3.63, 3.8) is 0 Å². The number of hydrogen-bond donors (Lipinski definition) is 0. The molecule has 0 spiro atoms. The average molecular weight is 421 g/mol. The van der Waals surface area contributed by atoms with E-state index in [0.717, 1.165) is 25.1 Å². The van der Waals surface area contributed by atoms with Crippen LogP contribution in [0.5, 0.6) is 0 Å². The number of likely N-dealkylation sites (N-methyl/N-ethyl adjacent to an activating group) is 1. The predicted molar refractivity (Wildman–Crippen MR) is 110 cm³/mol. The molecule has 0 bridgehead atoms. The van der Waals surface area contributed by atoms with Gasteiger partial charge in [-0.1, -0.05) is 13.8 Å². The first-order valence-electron chi connectivity index (χ1n) is 10.2. The number of benzene rings is 1. The highest BCUT2D eigenvalue weighted by Crippen LogP contribution is 2.27. The fourth-order valence-corrected chi connectivity index (χ4v) is 3.84. The molecule has 2 aromatic rings. The van der Waals surface area contributed by atoms with E-state index < -0.39 is 17.7 Å². The minimum Gasteiger partial charge on any atom is -0.348 e. The molecule has 0 radical (unpaired) electrons. The van der Waals surface area contributed by atoms with Crippen LogP contribution in [0.4, 0.5) is 8.78 Å². The summed E-state index contributed by atoms with van der Waals surface area (Å²) in [5.74, 6) is -2.03. The highest BCUT2D eigenvalue weighted by Gasteiger charge is 2.31. The van der Waals surface area contributed by atoms with Gasteiger partial charge in [0.15, 0.2) is 11.6 Å². The van der Waals surface area contributed by atoms with Crippen molar-refractivity contribution in [1.82, 2.24) is 24.3 Å². The maximum Gasteiger partial charge on any atom is 0.246 e. The maximum absolute atomic E-state index is 13.8. The van der Waals surface area contributed by atoms with Gasteiger partial charge in [-0.15, -0.1) is 0 Å². The number of carbonyl (C=O) groups excluding carboxylic acids is 2. The summed E-state index contributed by atoms with van der Waals surface area (Å²) in [6.07, 6.45) is 2.24. The van der Waals surface area contributed by atoms with Crippen molar-refractivity contribution < 1.29 is 18.4 Å². The molecule has 30 heavy (non-hydrogen) atoms. The molecule has 9 heteroatoms. The van der Waals surface area contributed by atoms with E-state index in [-0.39, 0.29) is 17.7 Å². The molecule has 164 valence electrons. The molecule has 2 amide bonds. The second kappa shape index (κ2) is 9.07. The van der Waals surface area contributed by atoms with Crippen LogP contribution in [0.25, 0.3) is 11.0 Å². The summed E-state index contributed by atoms with van der Waals surface area (Å²) < 4.78 is 29.0. The van der Waals surface area contributed by atoms with Gasteiger partial charge in [0.2, 0.25) is 11.8 Å². The third kappa shape index (κ3) is 4.61. The fourth-order valence-electron chi connectivity index (χ4n) is 3.84. The molecule has 1 fully saturated rings. The van der Waals surface area contributed by atoms with E-state index in [4.69, 9.17) is 0 Å². The minimum absolute atomic E-state index is 0.0361. The van der Waals surface area contributed by atoms with E-state index in [0.29, 0.717) is 37.2 Å². The third-order valence-electron chi connectivity index (χ3n) is 5.56. The Balaban J connectivity index is 1.80. The molecule has 1 aromatic carbocycles. The van der Waals surface area contributed by atoms with Gasteiger partial charge < -0.3 is 14.4 Å². The Morgan fingerprint density at radius 3 is 2.47 bits per heavy atom. The zero-order valence-electron chi connectivity index (χ0n) is 17.9. The highest BCUT2D eigenvalue weighted by atomic mass is 19.2. The largest absolute Gasteiger partial charge is 0.348 e. The van der Waals surface area contributed by atoms with Gasteiger partial charge in [0.05, 0.1) is 23.9 Å². The molecule has 1 aromatic heterocycles. The Hall–Kier alpha value is -2.55. The highest BCUT2D eigenvalue weighted by molar-refractivity contribution is 5.84. The Labute approximate surface area is 175 Å². The standard InChI is InChI=1S/C21H29F2N5O2/c1-14(2)20(28-13-24-17-10-15(22)16(23)11-18(17)28)21(30)27-7-5-6-26(8-9-27)12-19(29)25(3)4/h10-11,13-14,20H,5-9,12H2,1-4H3. The van der Waals surface area contributed by atoms with Crippen LogP contribution in [0.3, 0.4) is 0 Å². The van der Waals surface area contributed by atoms with Crippen molar-refractivity contribution in [1.29, 1.82) is 0 Å². The van der Waals surface area contributed by atoms with Crippen molar-refractivity contribution in [3.8, 4) is 0 Å². The first-order valence-corrected chi connectivity index (χ1v) is 10.2. The molecule has 1 aliphatic rings. The molecule has 1 aliphatic heterocycles. The quantitative estimate of drug-likeness (QED) is 0.742. The first-order chi connectivity index (χ1) is 14.2. The zero-order valence-corrected chi connectivity index (χ0v) is 17.9. The van der Waals surface area contributed by atoms with E-state index in [1.807, 2.05) is 13.8 Å². The lowest BCUT2D eigenvalue weighted by Gasteiger charge is -2.29. The van der Waals surface area contributed by atoms with Gasteiger partial charge in [0, 0.05) is 52.4 Å². The minimum atomic E-state index is -0.963. The van der Waals surface area contributed by atoms with Crippen LogP contribution in [-0.2, 0) is 9.59 Å². The Bertz CT molecular complexity index is 928. The summed E-state index contributed by atoms with van der Waals surface area (Å²) in [5.41, 5.74) is 0.713. The molecule has 3 rings (SSSR count). The van der Waals surface area contributed by atoms with Gasteiger partial charge in [-0.2, -0.15) is 0 Å². The SMILES string of the molecule is CC(C)C(C(=O)N1CCCN(CC(=O)N(C)C)CC1)n1cnc2cc(F)c(F)cc21. The number of amides is 2. The van der Waals surface area contributed by atoms with Crippen molar-refractivity contribution >= 4 is 22.8 Å². The summed E-state index contributed by atoms with van der Waals surface area (Å²) in [6, 6.07) is 1.57. The van der Waals surface area contributed by atoms with E-state index in [1.54, 1.807) is 28.5 Å².